The van der Waals surface area contributed by atoms with Gasteiger partial charge in [-0.3, -0.25) is 0 Å². The van der Waals surface area contributed by atoms with E-state index in [1.807, 2.05) is 32.0 Å². The molecule has 1 aromatic rings. The van der Waals surface area contributed by atoms with E-state index < -0.39 is 10.2 Å². The number of nitrogens with zero attached hydrogens (tertiary/aromatic N) is 3. The number of nitriles is 1. The molecule has 5 nitrogen and oxygen atoms in total. The third-order valence-corrected chi connectivity index (χ3v) is 6.27. The van der Waals surface area contributed by atoms with E-state index in [1.54, 1.807) is 19.2 Å². The predicted octanol–water partition coefficient (Wildman–Crippen LogP) is 2.85. The minimum absolute atomic E-state index is 0.0152. The Morgan fingerprint density at radius 1 is 1.23 bits per heavy atom. The summed E-state index contributed by atoms with van der Waals surface area (Å²) in [5.74, 6) is 0.0152. The molecule has 7 heteroatoms. The van der Waals surface area contributed by atoms with E-state index in [1.165, 1.54) is 15.7 Å². The molecule has 0 amide bonds. The van der Waals surface area contributed by atoms with Crippen LogP contribution in [-0.4, -0.2) is 43.7 Å². The topological polar surface area (TPSA) is 64.4 Å². The smallest absolute Gasteiger partial charge is 0.198 e. The van der Waals surface area contributed by atoms with E-state index in [9.17, 15) is 8.42 Å². The quantitative estimate of drug-likeness (QED) is 0.764. The lowest BCUT2D eigenvalue weighted by Crippen LogP contribution is -2.45. The van der Waals surface area contributed by atoms with Crippen molar-refractivity contribution in [1.82, 2.24) is 8.61 Å². The molecule has 22 heavy (non-hydrogen) atoms. The molecule has 0 aliphatic rings. The van der Waals surface area contributed by atoms with Crippen LogP contribution in [0.3, 0.4) is 0 Å². The van der Waals surface area contributed by atoms with Crippen LogP contribution in [0.5, 0.6) is 0 Å². The fourth-order valence-corrected chi connectivity index (χ4v) is 3.60. The number of halogens is 1. The molecule has 0 spiro atoms. The molecule has 0 N–H and O–H groups in total. The monoisotopic (exact) mass is 343 g/mol. The minimum Gasteiger partial charge on any atom is -0.198 e. The number of hydrogen-bond donors (Lipinski definition) is 0. The van der Waals surface area contributed by atoms with Gasteiger partial charge in [-0.05, 0) is 30.5 Å². The SMILES string of the molecule is C[C@H](c1ccc(Cl)cc1)[C@H](C)N(C)S(=O)(=O)N(C)CCC#N. The summed E-state index contributed by atoms with van der Waals surface area (Å²) >= 11 is 5.88. The highest BCUT2D eigenvalue weighted by molar-refractivity contribution is 7.86. The second-order valence-corrected chi connectivity index (χ2v) is 7.87. The van der Waals surface area contributed by atoms with Crippen molar-refractivity contribution in [2.45, 2.75) is 32.2 Å². The third kappa shape index (κ3) is 4.43. The van der Waals surface area contributed by atoms with Crippen LogP contribution in [0.15, 0.2) is 24.3 Å². The Balaban J connectivity index is 2.89. The molecular formula is C15H22ClN3O2S. The van der Waals surface area contributed by atoms with Gasteiger partial charge in [0.15, 0.2) is 0 Å². The second-order valence-electron chi connectivity index (χ2n) is 5.33. The Kier molecular flexibility index (Phi) is 6.82. The molecule has 0 saturated carbocycles. The molecular weight excluding hydrogens is 322 g/mol. The summed E-state index contributed by atoms with van der Waals surface area (Å²) in [7, 11) is -0.528. The number of rotatable bonds is 7. The Labute approximate surface area is 138 Å². The predicted molar refractivity (Wildman–Crippen MR) is 88.9 cm³/mol. The van der Waals surface area contributed by atoms with Gasteiger partial charge in [-0.15, -0.1) is 0 Å². The lowest BCUT2D eigenvalue weighted by atomic mass is 9.95. The van der Waals surface area contributed by atoms with Crippen molar-refractivity contribution < 1.29 is 8.42 Å². The zero-order valence-corrected chi connectivity index (χ0v) is 14.9. The fraction of sp³-hybridized carbons (Fsp3) is 0.533. The summed E-state index contributed by atoms with van der Waals surface area (Å²) in [6.45, 7) is 4.04. The Morgan fingerprint density at radius 2 is 1.77 bits per heavy atom. The standard InChI is InChI=1S/C15H22ClN3O2S/c1-12(14-6-8-15(16)9-7-14)13(2)19(4)22(20,21)18(3)11-5-10-17/h6-9,12-13H,5,11H2,1-4H3/t12-,13-/m0/s1. The van der Waals surface area contributed by atoms with Crippen LogP contribution in [-0.2, 0) is 10.2 Å². The van der Waals surface area contributed by atoms with Crippen LogP contribution < -0.4 is 0 Å². The first-order valence-corrected chi connectivity index (χ1v) is 8.81. The van der Waals surface area contributed by atoms with E-state index >= 15 is 0 Å². The van der Waals surface area contributed by atoms with Crippen molar-refractivity contribution in [3.05, 3.63) is 34.9 Å². The van der Waals surface area contributed by atoms with Gasteiger partial charge in [0.05, 0.1) is 6.07 Å². The molecule has 122 valence electrons. The third-order valence-electron chi connectivity index (χ3n) is 3.99. The highest BCUT2D eigenvalue weighted by Gasteiger charge is 2.30. The molecule has 0 fully saturated rings. The summed E-state index contributed by atoms with van der Waals surface area (Å²) in [4.78, 5) is 0. The second kappa shape index (κ2) is 7.93. The largest absolute Gasteiger partial charge is 0.281 e. The lowest BCUT2D eigenvalue weighted by Gasteiger charge is -2.32. The average Bonchev–Trinajstić information content (AvgIpc) is 2.50. The summed E-state index contributed by atoms with van der Waals surface area (Å²) in [5, 5.41) is 9.25. The molecule has 2 atom stereocenters. The highest BCUT2D eigenvalue weighted by Crippen LogP contribution is 2.25. The number of hydrogen-bond acceptors (Lipinski definition) is 3. The summed E-state index contributed by atoms with van der Waals surface area (Å²) in [6, 6.07) is 9.14. The van der Waals surface area contributed by atoms with Crippen molar-refractivity contribution in [2.24, 2.45) is 0 Å². The van der Waals surface area contributed by atoms with E-state index in [-0.39, 0.29) is 24.9 Å². The van der Waals surface area contributed by atoms with Gasteiger partial charge in [0.1, 0.15) is 0 Å². The molecule has 0 saturated heterocycles. The zero-order chi connectivity index (χ0) is 16.9. The van der Waals surface area contributed by atoms with Gasteiger partial charge in [-0.2, -0.15) is 22.3 Å². The number of benzene rings is 1. The van der Waals surface area contributed by atoms with Gasteiger partial charge in [-0.1, -0.05) is 30.7 Å². The molecule has 0 aromatic heterocycles. The van der Waals surface area contributed by atoms with Crippen LogP contribution in [0.1, 0.15) is 31.7 Å². The Hall–Kier alpha value is -1.13. The first-order chi connectivity index (χ1) is 10.2. The van der Waals surface area contributed by atoms with Crippen molar-refractivity contribution in [1.29, 1.82) is 5.26 Å². The Morgan fingerprint density at radius 3 is 2.27 bits per heavy atom. The maximum absolute atomic E-state index is 12.5. The molecule has 0 aliphatic heterocycles. The maximum Gasteiger partial charge on any atom is 0.281 e. The van der Waals surface area contributed by atoms with Gasteiger partial charge >= 0.3 is 0 Å². The molecule has 0 bridgehead atoms. The van der Waals surface area contributed by atoms with E-state index in [0.717, 1.165) is 5.56 Å². The molecule has 0 unspecified atom stereocenters. The summed E-state index contributed by atoms with van der Waals surface area (Å²) in [5.41, 5.74) is 1.03. The van der Waals surface area contributed by atoms with Crippen LogP contribution >= 0.6 is 11.6 Å². The maximum atomic E-state index is 12.5. The number of likely N-dealkylation sites (N-methyl/N-ethyl adjacent to an activating group) is 1. The zero-order valence-electron chi connectivity index (χ0n) is 13.3. The lowest BCUT2D eigenvalue weighted by molar-refractivity contribution is 0.319. The fourth-order valence-electron chi connectivity index (χ4n) is 2.11. The van der Waals surface area contributed by atoms with Crippen molar-refractivity contribution in [2.75, 3.05) is 20.6 Å². The van der Waals surface area contributed by atoms with Gasteiger partial charge < -0.3 is 0 Å². The van der Waals surface area contributed by atoms with Crippen LogP contribution in [0.2, 0.25) is 5.02 Å². The molecule has 1 rings (SSSR count). The summed E-state index contributed by atoms with van der Waals surface area (Å²) < 4.78 is 27.5. The van der Waals surface area contributed by atoms with Gasteiger partial charge in [-0.25, -0.2) is 0 Å². The van der Waals surface area contributed by atoms with E-state index in [4.69, 9.17) is 16.9 Å². The summed E-state index contributed by atoms with van der Waals surface area (Å²) in [6.07, 6.45) is 0.171. The Bertz CT molecular complexity index is 625. The van der Waals surface area contributed by atoms with Gasteiger partial charge in [0.2, 0.25) is 0 Å². The van der Waals surface area contributed by atoms with Crippen molar-refractivity contribution >= 4 is 21.8 Å². The normalized spacial score (nSPS) is 14.8. The van der Waals surface area contributed by atoms with Crippen LogP contribution in [0.25, 0.3) is 0 Å². The van der Waals surface area contributed by atoms with Gasteiger partial charge in [0.25, 0.3) is 10.2 Å². The van der Waals surface area contributed by atoms with Crippen molar-refractivity contribution in [3.63, 3.8) is 0 Å². The molecule has 0 radical (unpaired) electrons. The first-order valence-electron chi connectivity index (χ1n) is 7.03. The van der Waals surface area contributed by atoms with Crippen LogP contribution in [0.4, 0.5) is 0 Å². The van der Waals surface area contributed by atoms with Crippen LogP contribution in [0, 0.1) is 11.3 Å². The molecule has 1 aromatic carbocycles. The molecule has 0 heterocycles. The minimum atomic E-state index is -3.58. The van der Waals surface area contributed by atoms with Crippen molar-refractivity contribution in [3.8, 4) is 6.07 Å². The van der Waals surface area contributed by atoms with E-state index in [2.05, 4.69) is 0 Å². The first kappa shape index (κ1) is 18.9. The average molecular weight is 344 g/mol. The molecule has 0 aliphatic carbocycles. The van der Waals surface area contributed by atoms with E-state index in [0.29, 0.717) is 5.02 Å². The van der Waals surface area contributed by atoms with Gasteiger partial charge in [0, 0.05) is 38.1 Å². The highest BCUT2D eigenvalue weighted by atomic mass is 35.5.